The van der Waals surface area contributed by atoms with E-state index in [0.29, 0.717) is 29.2 Å². The lowest BCUT2D eigenvalue weighted by Gasteiger charge is -2.24. The van der Waals surface area contributed by atoms with Crippen LogP contribution in [-0.2, 0) is 14.4 Å². The molecule has 8 heteroatoms. The highest BCUT2D eigenvalue weighted by atomic mass is 35.5. The van der Waals surface area contributed by atoms with Crippen LogP contribution in [0.3, 0.4) is 0 Å². The zero-order chi connectivity index (χ0) is 25.5. The summed E-state index contributed by atoms with van der Waals surface area (Å²) in [5.41, 5.74) is 1.98. The summed E-state index contributed by atoms with van der Waals surface area (Å²) >= 11 is 7.42. The minimum atomic E-state index is -0.972. The number of aliphatic carboxylic acids is 1. The zero-order valence-corrected chi connectivity index (χ0v) is 20.8. The van der Waals surface area contributed by atoms with Gasteiger partial charge in [0.25, 0.3) is 0 Å². The average molecular weight is 521 g/mol. The summed E-state index contributed by atoms with van der Waals surface area (Å²) in [5.74, 6) is -2.89. The van der Waals surface area contributed by atoms with Crippen molar-refractivity contribution in [2.24, 2.45) is 11.8 Å². The minimum Gasteiger partial charge on any atom is -0.481 e. The molecule has 0 saturated heterocycles. The number of halogens is 1. The molecule has 3 atom stereocenters. The Kier molecular flexibility index (Phi) is 8.46. The highest BCUT2D eigenvalue weighted by Crippen LogP contribution is 2.37. The molecule has 3 N–H and O–H groups in total. The van der Waals surface area contributed by atoms with E-state index in [9.17, 15) is 19.5 Å². The van der Waals surface area contributed by atoms with Crippen LogP contribution < -0.4 is 10.6 Å². The first-order valence-electron chi connectivity index (χ1n) is 11.5. The van der Waals surface area contributed by atoms with E-state index in [1.807, 2.05) is 42.5 Å². The average Bonchev–Trinajstić information content (AvgIpc) is 2.88. The highest BCUT2D eigenvalue weighted by Gasteiger charge is 2.34. The Balaban J connectivity index is 1.52. The van der Waals surface area contributed by atoms with Gasteiger partial charge in [-0.2, -0.15) is 0 Å². The summed E-state index contributed by atoms with van der Waals surface area (Å²) in [6.45, 7) is 0. The molecule has 6 nitrogen and oxygen atoms in total. The maximum absolute atomic E-state index is 13.3. The summed E-state index contributed by atoms with van der Waals surface area (Å²) in [5, 5.41) is 15.2. The van der Waals surface area contributed by atoms with E-state index >= 15 is 0 Å². The first kappa shape index (κ1) is 25.5. The standard InChI is InChI=1S/C28H25ClN2O4S/c29-19-10-6-11-20(16-19)31-27(33)25(18-8-2-1-3-9-18)36-22-13-7-12-21(17-22)30-26(32)23-14-4-5-15-24(23)28(34)35/h1-13,16-17,23-25H,14-15H2,(H,30,32)(H,31,33)(H,34,35). The molecular formula is C28H25ClN2O4S. The molecule has 3 aromatic carbocycles. The summed E-state index contributed by atoms with van der Waals surface area (Å²) in [6.07, 6.45) is 4.37. The van der Waals surface area contributed by atoms with Crippen LogP contribution in [0, 0.1) is 11.8 Å². The van der Waals surface area contributed by atoms with Gasteiger partial charge in [0.2, 0.25) is 11.8 Å². The Labute approximate surface area is 218 Å². The molecule has 0 radical (unpaired) electrons. The number of anilines is 2. The molecule has 0 aliphatic heterocycles. The monoisotopic (exact) mass is 520 g/mol. The van der Waals surface area contributed by atoms with Gasteiger partial charge in [-0.1, -0.05) is 66.2 Å². The quantitative estimate of drug-likeness (QED) is 0.235. The zero-order valence-electron chi connectivity index (χ0n) is 19.3. The van der Waals surface area contributed by atoms with Gasteiger partial charge in [-0.15, -0.1) is 11.8 Å². The number of hydrogen-bond donors (Lipinski definition) is 3. The predicted octanol–water partition coefficient (Wildman–Crippen LogP) is 6.42. The molecule has 0 bridgehead atoms. The SMILES string of the molecule is O=C(Nc1cccc(Cl)c1)C(Sc1cccc(NC(=O)C2CC=CCC2C(=O)O)c1)c1ccccc1. The molecule has 1 aliphatic carbocycles. The molecule has 3 aromatic rings. The van der Waals surface area contributed by atoms with Crippen molar-refractivity contribution in [2.45, 2.75) is 23.0 Å². The lowest BCUT2D eigenvalue weighted by atomic mass is 9.82. The third-order valence-corrected chi connectivity index (χ3v) is 7.36. The Bertz CT molecular complexity index is 1280. The Hall–Kier alpha value is -3.55. The largest absolute Gasteiger partial charge is 0.481 e. The van der Waals surface area contributed by atoms with Crippen molar-refractivity contribution >= 4 is 52.5 Å². The van der Waals surface area contributed by atoms with Gasteiger partial charge < -0.3 is 15.7 Å². The maximum atomic E-state index is 13.3. The number of carbonyl (C=O) groups is 3. The molecule has 1 aliphatic rings. The smallest absolute Gasteiger partial charge is 0.307 e. The van der Waals surface area contributed by atoms with Gasteiger partial charge in [0.1, 0.15) is 5.25 Å². The molecule has 0 fully saturated rings. The number of carbonyl (C=O) groups excluding carboxylic acids is 2. The molecular weight excluding hydrogens is 496 g/mol. The van der Waals surface area contributed by atoms with E-state index < -0.39 is 23.1 Å². The van der Waals surface area contributed by atoms with Gasteiger partial charge in [0.15, 0.2) is 0 Å². The third-order valence-electron chi connectivity index (χ3n) is 5.87. The molecule has 2 amide bonds. The molecule has 0 spiro atoms. The Morgan fingerprint density at radius 2 is 1.50 bits per heavy atom. The first-order valence-corrected chi connectivity index (χ1v) is 12.7. The molecule has 184 valence electrons. The van der Waals surface area contributed by atoms with Crippen LogP contribution in [0.4, 0.5) is 11.4 Å². The maximum Gasteiger partial charge on any atom is 0.307 e. The van der Waals surface area contributed by atoms with Crippen molar-refractivity contribution in [1.29, 1.82) is 0 Å². The van der Waals surface area contributed by atoms with E-state index in [-0.39, 0.29) is 11.8 Å². The van der Waals surface area contributed by atoms with Crippen molar-refractivity contribution in [3.8, 4) is 0 Å². The van der Waals surface area contributed by atoms with Crippen LogP contribution in [0.5, 0.6) is 0 Å². The summed E-state index contributed by atoms with van der Waals surface area (Å²) in [6, 6.07) is 23.6. The molecule has 4 rings (SSSR count). The van der Waals surface area contributed by atoms with Crippen LogP contribution in [0.1, 0.15) is 23.7 Å². The van der Waals surface area contributed by atoms with Gasteiger partial charge in [0, 0.05) is 21.3 Å². The summed E-state index contributed by atoms with van der Waals surface area (Å²) in [7, 11) is 0. The second-order valence-corrected chi connectivity index (χ2v) is 10.0. The van der Waals surface area contributed by atoms with Gasteiger partial charge in [-0.25, -0.2) is 0 Å². The van der Waals surface area contributed by atoms with Crippen LogP contribution >= 0.6 is 23.4 Å². The first-order chi connectivity index (χ1) is 17.4. The van der Waals surface area contributed by atoms with E-state index in [1.165, 1.54) is 11.8 Å². The van der Waals surface area contributed by atoms with E-state index in [4.69, 9.17) is 11.6 Å². The number of benzene rings is 3. The fraction of sp³-hybridized carbons (Fsp3) is 0.179. The molecule has 36 heavy (non-hydrogen) atoms. The van der Waals surface area contributed by atoms with Crippen molar-refractivity contribution in [3.63, 3.8) is 0 Å². The van der Waals surface area contributed by atoms with Crippen molar-refractivity contribution in [1.82, 2.24) is 0 Å². The minimum absolute atomic E-state index is 0.207. The number of carboxylic acid groups (broad SMARTS) is 1. The topological polar surface area (TPSA) is 95.5 Å². The molecule has 0 aromatic heterocycles. The van der Waals surface area contributed by atoms with Crippen molar-refractivity contribution in [2.75, 3.05) is 10.6 Å². The number of hydrogen-bond acceptors (Lipinski definition) is 4. The van der Waals surface area contributed by atoms with Crippen LogP contribution in [0.2, 0.25) is 5.02 Å². The number of thioether (sulfide) groups is 1. The second-order valence-electron chi connectivity index (χ2n) is 8.42. The molecule has 0 saturated carbocycles. The summed E-state index contributed by atoms with van der Waals surface area (Å²) in [4.78, 5) is 38.5. The lowest BCUT2D eigenvalue weighted by molar-refractivity contribution is -0.146. The van der Waals surface area contributed by atoms with Crippen molar-refractivity contribution < 1.29 is 19.5 Å². The van der Waals surface area contributed by atoms with Crippen LogP contribution in [0.15, 0.2) is 95.9 Å². The number of nitrogens with one attached hydrogen (secondary N) is 2. The van der Waals surface area contributed by atoms with Gasteiger partial charge in [-0.05, 0) is 54.8 Å². The normalized spacial score (nSPS) is 17.7. The number of rotatable bonds is 8. The third kappa shape index (κ3) is 6.56. The van der Waals surface area contributed by atoms with E-state index in [2.05, 4.69) is 10.6 Å². The molecule has 3 unspecified atom stereocenters. The van der Waals surface area contributed by atoms with Crippen molar-refractivity contribution in [3.05, 3.63) is 102 Å². The van der Waals surface area contributed by atoms with Gasteiger partial charge in [-0.3, -0.25) is 14.4 Å². The fourth-order valence-electron chi connectivity index (χ4n) is 4.07. The van der Waals surface area contributed by atoms with E-state index in [0.717, 1.165) is 10.5 Å². The fourth-order valence-corrected chi connectivity index (χ4v) is 5.34. The highest BCUT2D eigenvalue weighted by molar-refractivity contribution is 8.00. The van der Waals surface area contributed by atoms with Crippen LogP contribution in [-0.4, -0.2) is 22.9 Å². The van der Waals surface area contributed by atoms with E-state index in [1.54, 1.807) is 48.5 Å². The number of amides is 2. The number of carboxylic acids is 1. The Morgan fingerprint density at radius 3 is 2.19 bits per heavy atom. The van der Waals surface area contributed by atoms with Crippen LogP contribution in [0.25, 0.3) is 0 Å². The van der Waals surface area contributed by atoms with Gasteiger partial charge >= 0.3 is 5.97 Å². The van der Waals surface area contributed by atoms with Gasteiger partial charge in [0.05, 0.1) is 11.8 Å². The molecule has 0 heterocycles. The second kappa shape index (κ2) is 11.9. The lowest BCUT2D eigenvalue weighted by Crippen LogP contribution is -2.34. The predicted molar refractivity (Wildman–Crippen MR) is 143 cm³/mol. The Morgan fingerprint density at radius 1 is 0.833 bits per heavy atom. The number of allylic oxidation sites excluding steroid dienone is 2. The summed E-state index contributed by atoms with van der Waals surface area (Å²) < 4.78 is 0.